The van der Waals surface area contributed by atoms with E-state index in [1.807, 2.05) is 24.3 Å². The minimum absolute atomic E-state index is 0.135. The summed E-state index contributed by atoms with van der Waals surface area (Å²) in [4.78, 5) is 31.5. The number of anilines is 1. The zero-order chi connectivity index (χ0) is 16.2. The van der Waals surface area contributed by atoms with Gasteiger partial charge in [-0.1, -0.05) is 18.2 Å². The van der Waals surface area contributed by atoms with Crippen LogP contribution < -0.4 is 4.90 Å². The Labute approximate surface area is 138 Å². The van der Waals surface area contributed by atoms with Crippen molar-refractivity contribution in [2.75, 3.05) is 24.3 Å². The molecule has 23 heavy (non-hydrogen) atoms. The fraction of sp³-hybridized carbons (Fsp3) is 0.235. The van der Waals surface area contributed by atoms with Gasteiger partial charge in [-0.05, 0) is 36.4 Å². The number of para-hydroxylation sites is 1. The van der Waals surface area contributed by atoms with Gasteiger partial charge in [0.2, 0.25) is 0 Å². The van der Waals surface area contributed by atoms with Crippen LogP contribution in [0.3, 0.4) is 0 Å². The molecule has 6 heteroatoms. The second-order valence-corrected chi connectivity index (χ2v) is 6.16. The standard InChI is InChI=1S/C17H16N2O3S/c1-22-17(21)13-7-4-6-12(18-13)16(20)19-10-5-11-23-15-9-3-2-8-14(15)19/h2-4,6-9H,5,10-11H2,1H3. The largest absolute Gasteiger partial charge is 0.464 e. The summed E-state index contributed by atoms with van der Waals surface area (Å²) in [5, 5.41) is 0. The fourth-order valence-electron chi connectivity index (χ4n) is 2.45. The lowest BCUT2D eigenvalue weighted by Gasteiger charge is -2.22. The van der Waals surface area contributed by atoms with E-state index >= 15 is 0 Å². The molecule has 1 aliphatic rings. The van der Waals surface area contributed by atoms with Crippen molar-refractivity contribution in [3.8, 4) is 0 Å². The first kappa shape index (κ1) is 15.6. The number of nitrogens with zero attached hydrogens (tertiary/aromatic N) is 2. The van der Waals surface area contributed by atoms with Crippen molar-refractivity contribution in [2.24, 2.45) is 0 Å². The van der Waals surface area contributed by atoms with Crippen LogP contribution in [0.4, 0.5) is 5.69 Å². The van der Waals surface area contributed by atoms with Gasteiger partial charge in [0.05, 0.1) is 12.8 Å². The van der Waals surface area contributed by atoms with Gasteiger partial charge in [-0.25, -0.2) is 9.78 Å². The quantitative estimate of drug-likeness (QED) is 0.793. The van der Waals surface area contributed by atoms with Crippen LogP contribution in [0, 0.1) is 0 Å². The molecule has 1 aromatic carbocycles. The summed E-state index contributed by atoms with van der Waals surface area (Å²) in [6, 6.07) is 12.6. The van der Waals surface area contributed by atoms with E-state index in [1.54, 1.807) is 28.8 Å². The SMILES string of the molecule is COC(=O)c1cccc(C(=O)N2CCCSc3ccccc32)n1. The summed E-state index contributed by atoms with van der Waals surface area (Å²) in [6.45, 7) is 0.632. The number of carbonyl (C=O) groups is 2. The Hall–Kier alpha value is -2.34. The molecule has 0 aliphatic carbocycles. The predicted molar refractivity (Wildman–Crippen MR) is 89.0 cm³/mol. The number of carbonyl (C=O) groups excluding carboxylic acids is 2. The highest BCUT2D eigenvalue weighted by Crippen LogP contribution is 2.34. The number of amides is 1. The van der Waals surface area contributed by atoms with E-state index in [0.717, 1.165) is 22.8 Å². The van der Waals surface area contributed by atoms with E-state index in [0.29, 0.717) is 6.54 Å². The number of hydrogen-bond donors (Lipinski definition) is 0. The maximum absolute atomic E-state index is 12.9. The number of fused-ring (bicyclic) bond motifs is 1. The van der Waals surface area contributed by atoms with Gasteiger partial charge in [-0.15, -0.1) is 11.8 Å². The minimum Gasteiger partial charge on any atom is -0.464 e. The summed E-state index contributed by atoms with van der Waals surface area (Å²) in [5.74, 6) is 0.216. The molecule has 0 saturated heterocycles. The minimum atomic E-state index is -0.550. The molecule has 1 amide bonds. The van der Waals surface area contributed by atoms with Gasteiger partial charge in [0, 0.05) is 11.4 Å². The number of thioether (sulfide) groups is 1. The average Bonchev–Trinajstić information content (AvgIpc) is 2.83. The second kappa shape index (κ2) is 6.83. The van der Waals surface area contributed by atoms with Crippen molar-refractivity contribution >= 4 is 29.3 Å². The van der Waals surface area contributed by atoms with Gasteiger partial charge in [-0.2, -0.15) is 0 Å². The molecule has 1 aliphatic heterocycles. The van der Waals surface area contributed by atoms with Gasteiger partial charge in [0.1, 0.15) is 11.4 Å². The lowest BCUT2D eigenvalue weighted by atomic mass is 10.2. The normalized spacial score (nSPS) is 13.9. The Morgan fingerprint density at radius 1 is 1.13 bits per heavy atom. The Morgan fingerprint density at radius 3 is 2.74 bits per heavy atom. The van der Waals surface area contributed by atoms with Crippen molar-refractivity contribution in [1.82, 2.24) is 4.98 Å². The smallest absolute Gasteiger partial charge is 0.356 e. The highest BCUT2D eigenvalue weighted by Gasteiger charge is 2.24. The number of methoxy groups -OCH3 is 1. The van der Waals surface area contributed by atoms with Gasteiger partial charge < -0.3 is 9.64 Å². The van der Waals surface area contributed by atoms with Crippen LogP contribution in [0.25, 0.3) is 0 Å². The van der Waals surface area contributed by atoms with Crippen LogP contribution in [0.2, 0.25) is 0 Å². The van der Waals surface area contributed by atoms with Crippen LogP contribution in [0.1, 0.15) is 27.4 Å². The highest BCUT2D eigenvalue weighted by molar-refractivity contribution is 7.99. The number of esters is 1. The maximum atomic E-state index is 12.9. The zero-order valence-corrected chi connectivity index (χ0v) is 13.5. The van der Waals surface area contributed by atoms with Crippen LogP contribution >= 0.6 is 11.8 Å². The van der Waals surface area contributed by atoms with Crippen LogP contribution in [-0.2, 0) is 4.74 Å². The molecule has 5 nitrogen and oxygen atoms in total. The first-order valence-electron chi connectivity index (χ1n) is 7.30. The molecule has 0 fully saturated rings. The maximum Gasteiger partial charge on any atom is 0.356 e. The molecule has 0 N–H and O–H groups in total. The van der Waals surface area contributed by atoms with Crippen molar-refractivity contribution in [3.63, 3.8) is 0 Å². The molecule has 0 unspecified atom stereocenters. The van der Waals surface area contributed by atoms with Gasteiger partial charge in [0.25, 0.3) is 5.91 Å². The number of benzene rings is 1. The Balaban J connectivity index is 1.96. The van der Waals surface area contributed by atoms with Crippen molar-refractivity contribution in [1.29, 1.82) is 0 Å². The van der Waals surface area contributed by atoms with E-state index in [2.05, 4.69) is 9.72 Å². The van der Waals surface area contributed by atoms with Gasteiger partial charge >= 0.3 is 5.97 Å². The highest BCUT2D eigenvalue weighted by atomic mass is 32.2. The Morgan fingerprint density at radius 2 is 1.91 bits per heavy atom. The molecular formula is C17H16N2O3S. The molecule has 0 atom stereocenters. The van der Waals surface area contributed by atoms with E-state index in [1.165, 1.54) is 13.2 Å². The lowest BCUT2D eigenvalue weighted by molar-refractivity contribution is 0.0594. The average molecular weight is 328 g/mol. The molecule has 0 radical (unpaired) electrons. The predicted octanol–water partition coefficient (Wildman–Crippen LogP) is 3.01. The first-order chi connectivity index (χ1) is 11.2. The summed E-state index contributed by atoms with van der Waals surface area (Å²) >= 11 is 1.75. The molecule has 2 aromatic rings. The van der Waals surface area contributed by atoms with Crippen LogP contribution in [0.15, 0.2) is 47.4 Å². The molecule has 1 aromatic heterocycles. The third-order valence-electron chi connectivity index (χ3n) is 3.55. The molecule has 0 bridgehead atoms. The molecule has 0 spiro atoms. The molecule has 2 heterocycles. The third-order valence-corrected chi connectivity index (χ3v) is 4.70. The first-order valence-corrected chi connectivity index (χ1v) is 8.28. The monoisotopic (exact) mass is 328 g/mol. The summed E-state index contributed by atoms with van der Waals surface area (Å²) in [5.41, 5.74) is 1.27. The van der Waals surface area contributed by atoms with E-state index in [9.17, 15) is 9.59 Å². The second-order valence-electron chi connectivity index (χ2n) is 5.03. The van der Waals surface area contributed by atoms with Crippen molar-refractivity contribution < 1.29 is 14.3 Å². The topological polar surface area (TPSA) is 59.5 Å². The van der Waals surface area contributed by atoms with Gasteiger partial charge in [-0.3, -0.25) is 4.79 Å². The summed E-state index contributed by atoms with van der Waals surface area (Å²) in [7, 11) is 1.29. The summed E-state index contributed by atoms with van der Waals surface area (Å²) < 4.78 is 4.66. The zero-order valence-electron chi connectivity index (χ0n) is 12.7. The number of pyridine rings is 1. The lowest BCUT2D eigenvalue weighted by Crippen LogP contribution is -2.32. The number of rotatable bonds is 2. The molecule has 118 valence electrons. The Kier molecular flexibility index (Phi) is 4.62. The molecule has 3 rings (SSSR count). The van der Waals surface area contributed by atoms with Crippen LogP contribution in [-0.4, -0.2) is 36.3 Å². The summed E-state index contributed by atoms with van der Waals surface area (Å²) in [6.07, 6.45) is 0.905. The number of aromatic nitrogens is 1. The van der Waals surface area contributed by atoms with E-state index in [-0.39, 0.29) is 17.3 Å². The van der Waals surface area contributed by atoms with Crippen LogP contribution in [0.5, 0.6) is 0 Å². The number of ether oxygens (including phenoxy) is 1. The van der Waals surface area contributed by atoms with Gasteiger partial charge in [0.15, 0.2) is 0 Å². The third kappa shape index (κ3) is 3.22. The molecular weight excluding hydrogens is 312 g/mol. The van der Waals surface area contributed by atoms with E-state index < -0.39 is 5.97 Å². The van der Waals surface area contributed by atoms with E-state index in [4.69, 9.17) is 0 Å². The number of hydrogen-bond acceptors (Lipinski definition) is 5. The van der Waals surface area contributed by atoms with Crippen molar-refractivity contribution in [3.05, 3.63) is 53.9 Å². The molecule has 0 saturated carbocycles. The van der Waals surface area contributed by atoms with Crippen molar-refractivity contribution in [2.45, 2.75) is 11.3 Å². The fourth-order valence-corrected chi connectivity index (χ4v) is 3.44. The Bertz CT molecular complexity index is 748.